The number of anilines is 1. The summed E-state index contributed by atoms with van der Waals surface area (Å²) in [6.45, 7) is 4.12. The van der Waals surface area contributed by atoms with Crippen LogP contribution in [0, 0.1) is 12.8 Å². The summed E-state index contributed by atoms with van der Waals surface area (Å²) >= 11 is 0. The van der Waals surface area contributed by atoms with Crippen LogP contribution in [0.3, 0.4) is 0 Å². The van der Waals surface area contributed by atoms with Crippen LogP contribution >= 0.6 is 0 Å². The van der Waals surface area contributed by atoms with E-state index in [0.717, 1.165) is 23.2 Å². The largest absolute Gasteiger partial charge is 0.355 e. The SMILES string of the molecule is CCc1ccccc1NC(=O)[C@@H]1CCCN(S(=O)(=O)c2c(C)noc2/C=C/c2ccccc2)C1. The summed E-state index contributed by atoms with van der Waals surface area (Å²) in [5.74, 6) is -0.409. The van der Waals surface area contributed by atoms with Gasteiger partial charge in [0.2, 0.25) is 15.9 Å². The number of carbonyl (C=O) groups is 1. The molecule has 4 rings (SSSR count). The van der Waals surface area contributed by atoms with E-state index in [9.17, 15) is 13.2 Å². The van der Waals surface area contributed by atoms with Crippen LogP contribution in [0.25, 0.3) is 12.2 Å². The van der Waals surface area contributed by atoms with Crippen LogP contribution in [0.2, 0.25) is 0 Å². The molecular formula is C26H29N3O4S. The lowest BCUT2D eigenvalue weighted by atomic mass is 9.98. The van der Waals surface area contributed by atoms with Gasteiger partial charge < -0.3 is 9.84 Å². The van der Waals surface area contributed by atoms with Crippen LogP contribution in [0.4, 0.5) is 5.69 Å². The maximum Gasteiger partial charge on any atom is 0.248 e. The summed E-state index contributed by atoms with van der Waals surface area (Å²) in [4.78, 5) is 13.1. The van der Waals surface area contributed by atoms with Crippen LogP contribution in [0.1, 0.15) is 42.3 Å². The van der Waals surface area contributed by atoms with Gasteiger partial charge in [0.15, 0.2) is 10.7 Å². The molecule has 0 spiro atoms. The van der Waals surface area contributed by atoms with Crippen LogP contribution in [-0.4, -0.2) is 36.9 Å². The molecule has 1 saturated heterocycles. The molecule has 0 unspecified atom stereocenters. The molecular weight excluding hydrogens is 450 g/mol. The number of aryl methyl sites for hydroxylation is 2. The minimum atomic E-state index is -3.89. The third-order valence-electron chi connectivity index (χ3n) is 6.07. The van der Waals surface area contributed by atoms with E-state index >= 15 is 0 Å². The summed E-state index contributed by atoms with van der Waals surface area (Å²) in [5, 5.41) is 6.90. The van der Waals surface area contributed by atoms with Crippen LogP contribution in [-0.2, 0) is 21.2 Å². The molecule has 0 bridgehead atoms. The van der Waals surface area contributed by atoms with Crippen LogP contribution in [0.15, 0.2) is 64.0 Å². The molecule has 7 nitrogen and oxygen atoms in total. The zero-order valence-electron chi connectivity index (χ0n) is 19.4. The molecule has 34 heavy (non-hydrogen) atoms. The van der Waals surface area contributed by atoms with Crippen molar-refractivity contribution in [2.75, 3.05) is 18.4 Å². The zero-order valence-corrected chi connectivity index (χ0v) is 20.2. The van der Waals surface area contributed by atoms with Crippen molar-refractivity contribution in [3.8, 4) is 0 Å². The van der Waals surface area contributed by atoms with Crippen LogP contribution < -0.4 is 5.32 Å². The van der Waals surface area contributed by atoms with E-state index in [2.05, 4.69) is 10.5 Å². The summed E-state index contributed by atoms with van der Waals surface area (Å²) in [6, 6.07) is 17.2. The molecule has 2 aromatic carbocycles. The highest BCUT2D eigenvalue weighted by atomic mass is 32.2. The Balaban J connectivity index is 1.53. The molecule has 3 aromatic rings. The molecule has 178 valence electrons. The first-order chi connectivity index (χ1) is 16.4. The van der Waals surface area contributed by atoms with Gasteiger partial charge in [-0.25, -0.2) is 8.42 Å². The molecule has 1 aliphatic rings. The average molecular weight is 480 g/mol. The highest BCUT2D eigenvalue weighted by Crippen LogP contribution is 2.30. The molecule has 1 N–H and O–H groups in total. The standard InChI is InChI=1S/C26H29N3O4S/c1-3-21-12-7-8-14-23(21)27-26(30)22-13-9-17-29(18-22)34(31,32)25-19(2)28-33-24(25)16-15-20-10-5-4-6-11-20/h4-8,10-12,14-16,22H,3,9,13,17-18H2,1-2H3,(H,27,30)/b16-15+/t22-/m1/s1. The topological polar surface area (TPSA) is 92.5 Å². The molecule has 0 aliphatic carbocycles. The lowest BCUT2D eigenvalue weighted by Gasteiger charge is -2.31. The molecule has 1 aromatic heterocycles. The van der Waals surface area contributed by atoms with Gasteiger partial charge in [0.05, 0.1) is 5.92 Å². The van der Waals surface area contributed by atoms with Gasteiger partial charge in [-0.2, -0.15) is 4.31 Å². The van der Waals surface area contributed by atoms with Crippen molar-refractivity contribution in [3.63, 3.8) is 0 Å². The Hall–Kier alpha value is -3.23. The second-order valence-electron chi connectivity index (χ2n) is 8.41. The number of nitrogens with one attached hydrogen (secondary N) is 1. The van der Waals surface area contributed by atoms with Gasteiger partial charge in [-0.1, -0.05) is 66.7 Å². The van der Waals surface area contributed by atoms with Gasteiger partial charge in [-0.3, -0.25) is 4.79 Å². The summed E-state index contributed by atoms with van der Waals surface area (Å²) in [6.07, 6.45) is 5.45. The second-order valence-corrected chi connectivity index (χ2v) is 10.3. The van der Waals surface area contributed by atoms with Gasteiger partial charge in [0.1, 0.15) is 5.69 Å². The van der Waals surface area contributed by atoms with E-state index in [1.807, 2.05) is 61.5 Å². The Morgan fingerprint density at radius 1 is 1.15 bits per heavy atom. The van der Waals surface area contributed by atoms with Crippen molar-refractivity contribution in [1.82, 2.24) is 9.46 Å². The predicted octanol–water partition coefficient (Wildman–Crippen LogP) is 4.76. The predicted molar refractivity (Wildman–Crippen MR) is 133 cm³/mol. The van der Waals surface area contributed by atoms with Crippen LogP contribution in [0.5, 0.6) is 0 Å². The van der Waals surface area contributed by atoms with Crippen molar-refractivity contribution in [2.24, 2.45) is 5.92 Å². The Labute approximate surface area is 200 Å². The number of carbonyl (C=O) groups excluding carboxylic acids is 1. The number of sulfonamides is 1. The third kappa shape index (κ3) is 5.13. The Morgan fingerprint density at radius 3 is 2.65 bits per heavy atom. The number of hydrogen-bond donors (Lipinski definition) is 1. The molecule has 1 fully saturated rings. The number of benzene rings is 2. The Morgan fingerprint density at radius 2 is 1.88 bits per heavy atom. The molecule has 1 atom stereocenters. The summed E-state index contributed by atoms with van der Waals surface area (Å²) < 4.78 is 33.9. The minimum absolute atomic E-state index is 0.0528. The van der Waals surface area contributed by atoms with E-state index in [4.69, 9.17) is 4.52 Å². The minimum Gasteiger partial charge on any atom is -0.355 e. The van der Waals surface area contributed by atoms with Crippen molar-refractivity contribution in [1.29, 1.82) is 0 Å². The van der Waals surface area contributed by atoms with Crippen molar-refractivity contribution >= 4 is 33.8 Å². The molecule has 0 saturated carbocycles. The van der Waals surface area contributed by atoms with Gasteiger partial charge >= 0.3 is 0 Å². The Bertz CT molecular complexity index is 1280. The zero-order chi connectivity index (χ0) is 24.1. The van der Waals surface area contributed by atoms with E-state index in [1.165, 1.54) is 4.31 Å². The number of amides is 1. The first-order valence-corrected chi connectivity index (χ1v) is 12.9. The van der Waals surface area contributed by atoms with E-state index in [0.29, 0.717) is 25.1 Å². The van der Waals surface area contributed by atoms with E-state index in [1.54, 1.807) is 19.1 Å². The number of piperidine rings is 1. The number of aromatic nitrogens is 1. The van der Waals surface area contributed by atoms with Gasteiger partial charge in [0.25, 0.3) is 0 Å². The maximum absolute atomic E-state index is 13.6. The molecule has 1 amide bonds. The fourth-order valence-corrected chi connectivity index (χ4v) is 6.00. The average Bonchev–Trinajstić information content (AvgIpc) is 3.24. The quantitative estimate of drug-likeness (QED) is 0.528. The Kier molecular flexibility index (Phi) is 7.29. The van der Waals surface area contributed by atoms with Crippen molar-refractivity contribution in [3.05, 3.63) is 77.2 Å². The monoisotopic (exact) mass is 479 g/mol. The van der Waals surface area contributed by atoms with Gasteiger partial charge in [0, 0.05) is 18.8 Å². The van der Waals surface area contributed by atoms with E-state index in [-0.39, 0.29) is 23.1 Å². The fourth-order valence-electron chi connectivity index (χ4n) is 4.22. The number of hydrogen-bond acceptors (Lipinski definition) is 5. The fraction of sp³-hybridized carbons (Fsp3) is 0.308. The first-order valence-electron chi connectivity index (χ1n) is 11.5. The second kappa shape index (κ2) is 10.4. The normalized spacial score (nSPS) is 17.2. The van der Waals surface area contributed by atoms with Gasteiger partial charge in [-0.05, 0) is 49.5 Å². The lowest BCUT2D eigenvalue weighted by Crippen LogP contribution is -2.44. The maximum atomic E-state index is 13.6. The highest BCUT2D eigenvalue weighted by molar-refractivity contribution is 7.89. The molecule has 0 radical (unpaired) electrons. The number of rotatable bonds is 7. The number of nitrogens with zero attached hydrogens (tertiary/aromatic N) is 2. The van der Waals surface area contributed by atoms with Gasteiger partial charge in [-0.15, -0.1) is 0 Å². The lowest BCUT2D eigenvalue weighted by molar-refractivity contribution is -0.120. The highest BCUT2D eigenvalue weighted by Gasteiger charge is 2.37. The molecule has 1 aliphatic heterocycles. The summed E-state index contributed by atoms with van der Waals surface area (Å²) in [7, 11) is -3.89. The molecule has 8 heteroatoms. The van der Waals surface area contributed by atoms with Crippen molar-refractivity contribution < 1.29 is 17.7 Å². The summed E-state index contributed by atoms with van der Waals surface area (Å²) in [5.41, 5.74) is 3.04. The number of para-hydroxylation sites is 1. The smallest absolute Gasteiger partial charge is 0.248 e. The van der Waals surface area contributed by atoms with Crippen molar-refractivity contribution in [2.45, 2.75) is 38.0 Å². The first kappa shape index (κ1) is 23.9. The molecule has 2 heterocycles. The van der Waals surface area contributed by atoms with E-state index < -0.39 is 15.9 Å². The third-order valence-corrected chi connectivity index (χ3v) is 8.09.